The Morgan fingerprint density at radius 3 is 3.00 bits per heavy atom. The van der Waals surface area contributed by atoms with E-state index in [1.807, 2.05) is 0 Å². The number of hydrogen-bond acceptors (Lipinski definition) is 3. The first-order valence-electron chi connectivity index (χ1n) is 6.60. The Balaban J connectivity index is 4.27. The molecule has 0 radical (unpaired) electrons. The van der Waals surface area contributed by atoms with Gasteiger partial charge < -0.3 is 15.4 Å². The van der Waals surface area contributed by atoms with E-state index >= 15 is 0 Å². The average molecular weight is 230 g/mol. The summed E-state index contributed by atoms with van der Waals surface area (Å²) in [5.41, 5.74) is 5.13. The van der Waals surface area contributed by atoms with E-state index in [2.05, 4.69) is 6.58 Å². The number of allylic oxidation sites excluding steroid dienone is 1. The van der Waals surface area contributed by atoms with Crippen molar-refractivity contribution in [2.75, 3.05) is 13.5 Å². The Morgan fingerprint density at radius 2 is 2.50 bits per heavy atom. The lowest BCUT2D eigenvalue weighted by atomic mass is 10.2. The van der Waals surface area contributed by atoms with Gasteiger partial charge in [-0.2, -0.15) is 0 Å². The number of nitrogens with two attached hydrogens (primary N) is 1. The highest BCUT2D eigenvalue weighted by Gasteiger charge is 2.12. The molecule has 5 heteroatoms. The molecular formula is C11H21N3O2. The van der Waals surface area contributed by atoms with Gasteiger partial charge in [0.05, 0.1) is 6.10 Å². The van der Waals surface area contributed by atoms with Gasteiger partial charge in [-0.25, -0.2) is 0 Å². The van der Waals surface area contributed by atoms with Crippen LogP contribution in [0.2, 0.25) is 0 Å². The molecule has 3 N–H and O–H groups in total. The molecule has 0 spiro atoms. The molecule has 0 aromatic rings. The second-order valence-corrected chi connectivity index (χ2v) is 3.49. The second kappa shape index (κ2) is 7.73. The van der Waals surface area contributed by atoms with E-state index in [0.717, 1.165) is 12.8 Å². The Hall–Kier alpha value is -1.52. The molecule has 5 nitrogen and oxygen atoms in total. The van der Waals surface area contributed by atoms with Crippen molar-refractivity contribution in [3.63, 3.8) is 0 Å². The van der Waals surface area contributed by atoms with Crippen LogP contribution in [0.4, 0.5) is 0 Å². The zero-order chi connectivity index (χ0) is 15.1. The number of unbranched alkanes of at least 4 members (excludes halogenated alkanes) is 1. The molecule has 0 aliphatic heterocycles. The van der Waals surface area contributed by atoms with Gasteiger partial charge in [0.2, 0.25) is 0 Å². The van der Waals surface area contributed by atoms with Gasteiger partial charge in [0.15, 0.2) is 5.96 Å². The lowest BCUT2D eigenvalue weighted by Crippen LogP contribution is -2.38. The molecule has 1 unspecified atom stereocenters. The van der Waals surface area contributed by atoms with Gasteiger partial charge in [-0.05, 0) is 26.2 Å². The molecule has 0 aliphatic rings. The quantitative estimate of drug-likeness (QED) is 0.226. The smallest absolute Gasteiger partial charge is 0.325 e. The van der Waals surface area contributed by atoms with E-state index in [1.165, 1.54) is 0 Å². The van der Waals surface area contributed by atoms with Crippen molar-refractivity contribution in [1.29, 1.82) is 5.41 Å². The molecule has 0 amide bonds. The summed E-state index contributed by atoms with van der Waals surface area (Å²) in [6.07, 6.45) is 3.81. The number of guanidine groups is 1. The van der Waals surface area contributed by atoms with Crippen molar-refractivity contribution in [2.45, 2.75) is 32.3 Å². The third-order valence-corrected chi connectivity index (χ3v) is 1.93. The van der Waals surface area contributed by atoms with E-state index in [9.17, 15) is 4.79 Å². The average Bonchev–Trinajstić information content (AvgIpc) is 2.24. The van der Waals surface area contributed by atoms with Crippen LogP contribution in [-0.4, -0.2) is 36.5 Å². The summed E-state index contributed by atoms with van der Waals surface area (Å²) in [5, 5.41) is 7.14. The number of carbonyl (C=O) groups is 1. The minimum atomic E-state index is -2.63. The van der Waals surface area contributed by atoms with E-state index in [1.54, 1.807) is 13.0 Å². The summed E-state index contributed by atoms with van der Waals surface area (Å²) in [7, 11) is 0. The number of carbonyl (C=O) groups excluding carboxylic acids is 1. The Morgan fingerprint density at radius 1 is 1.81 bits per heavy atom. The first kappa shape index (κ1) is 9.69. The second-order valence-electron chi connectivity index (χ2n) is 3.49. The van der Waals surface area contributed by atoms with Crippen molar-refractivity contribution < 1.29 is 13.6 Å². The summed E-state index contributed by atoms with van der Waals surface area (Å²) in [4.78, 5) is 12.1. The maximum Gasteiger partial charge on any atom is 0.325 e. The molecular weight excluding hydrogens is 206 g/mol. The van der Waals surface area contributed by atoms with Gasteiger partial charge in [-0.1, -0.05) is 6.08 Å². The molecule has 0 aliphatic carbocycles. The maximum absolute atomic E-state index is 11.6. The predicted molar refractivity (Wildman–Crippen MR) is 64.1 cm³/mol. The van der Waals surface area contributed by atoms with E-state index < -0.39 is 25.4 Å². The fourth-order valence-corrected chi connectivity index (χ4v) is 1.08. The molecule has 0 heterocycles. The molecule has 0 saturated carbocycles. The van der Waals surface area contributed by atoms with Crippen molar-refractivity contribution in [3.8, 4) is 0 Å². The monoisotopic (exact) mass is 230 g/mol. The van der Waals surface area contributed by atoms with Crippen LogP contribution in [0.3, 0.4) is 0 Å². The highest BCUT2D eigenvalue weighted by molar-refractivity contribution is 5.80. The molecule has 0 saturated heterocycles. The van der Waals surface area contributed by atoms with Gasteiger partial charge >= 0.3 is 5.97 Å². The van der Waals surface area contributed by atoms with Crippen molar-refractivity contribution in [2.24, 2.45) is 5.73 Å². The Bertz CT molecular complexity index is 332. The minimum absolute atomic E-state index is 0.308. The van der Waals surface area contributed by atoms with Crippen LogP contribution < -0.4 is 5.73 Å². The van der Waals surface area contributed by atoms with Crippen LogP contribution in [-0.2, 0) is 9.53 Å². The molecule has 16 heavy (non-hydrogen) atoms. The van der Waals surface area contributed by atoms with E-state index in [-0.39, 0.29) is 6.10 Å². The van der Waals surface area contributed by atoms with Gasteiger partial charge in [-0.3, -0.25) is 10.2 Å². The Kier molecular flexibility index (Phi) is 4.68. The zero-order valence-corrected chi connectivity index (χ0v) is 9.53. The van der Waals surface area contributed by atoms with Crippen LogP contribution >= 0.6 is 0 Å². The first-order chi connectivity index (χ1) is 8.68. The number of likely N-dealkylation sites (N-methyl/N-ethyl adjacent to an activating group) is 1. The lowest BCUT2D eigenvalue weighted by Gasteiger charge is -2.18. The van der Waals surface area contributed by atoms with Crippen LogP contribution in [0.5, 0.6) is 0 Å². The zero-order valence-electron chi connectivity index (χ0n) is 12.5. The fraction of sp³-hybridized carbons (Fsp3) is 0.636. The summed E-state index contributed by atoms with van der Waals surface area (Å²) in [6, 6.07) is 0. The van der Waals surface area contributed by atoms with Gasteiger partial charge in [0, 0.05) is 11.1 Å². The Labute approximate surface area is 101 Å². The van der Waals surface area contributed by atoms with Crippen LogP contribution in [0.1, 0.15) is 30.3 Å². The number of esters is 1. The normalized spacial score (nSPS) is 15.2. The van der Waals surface area contributed by atoms with Gasteiger partial charge in [0.25, 0.3) is 0 Å². The first-order valence-corrected chi connectivity index (χ1v) is 5.10. The van der Waals surface area contributed by atoms with Crippen LogP contribution in [0.15, 0.2) is 12.7 Å². The molecule has 0 aromatic carbocycles. The summed E-state index contributed by atoms with van der Waals surface area (Å²) < 4.78 is 26.5. The van der Waals surface area contributed by atoms with Crippen molar-refractivity contribution in [1.82, 2.24) is 4.90 Å². The van der Waals surface area contributed by atoms with Crippen molar-refractivity contribution >= 4 is 11.9 Å². The third kappa shape index (κ3) is 6.86. The van der Waals surface area contributed by atoms with Crippen LogP contribution in [0.25, 0.3) is 0 Å². The van der Waals surface area contributed by atoms with E-state index in [0.29, 0.717) is 11.3 Å². The number of nitrogens with zero attached hydrogens (tertiary/aromatic N) is 1. The molecule has 0 bridgehead atoms. The molecule has 0 rings (SSSR count). The molecule has 0 fully saturated rings. The summed E-state index contributed by atoms with van der Waals surface area (Å²) in [5.74, 6) is -1.39. The topological polar surface area (TPSA) is 79.4 Å². The van der Waals surface area contributed by atoms with Gasteiger partial charge in [-0.15, -0.1) is 6.58 Å². The fourth-order valence-electron chi connectivity index (χ4n) is 1.08. The minimum Gasteiger partial charge on any atom is -0.461 e. The highest BCUT2D eigenvalue weighted by Crippen LogP contribution is 2.05. The number of rotatable bonds is 7. The molecule has 92 valence electrons. The predicted octanol–water partition coefficient (Wildman–Crippen LogP) is 1.10. The maximum atomic E-state index is 11.6. The number of nitrogens with one attached hydrogen (secondary N) is 1. The SMILES string of the molecule is [2H]C([2H])([2H])N(CC(=O)OC(C)CCCC=C)C(=N)N. The standard InChI is InChI=1S/C11H21N3O2/c1-4-5-6-7-9(2)16-10(15)8-14(3)11(12)13/h4,9H,1,5-8H2,2-3H3,(H3,12,13)/i3D3. The van der Waals surface area contributed by atoms with Crippen molar-refractivity contribution in [3.05, 3.63) is 12.7 Å². The third-order valence-electron chi connectivity index (χ3n) is 1.93. The molecule has 0 aromatic heterocycles. The number of hydrogen-bond donors (Lipinski definition) is 2. The summed E-state index contributed by atoms with van der Waals surface area (Å²) in [6.45, 7) is 2.13. The highest BCUT2D eigenvalue weighted by atomic mass is 16.5. The van der Waals surface area contributed by atoms with E-state index in [4.69, 9.17) is 20.0 Å². The number of ether oxygens (including phenoxy) is 1. The van der Waals surface area contributed by atoms with Crippen LogP contribution in [0, 0.1) is 5.41 Å². The largest absolute Gasteiger partial charge is 0.461 e. The lowest BCUT2D eigenvalue weighted by molar-refractivity contribution is -0.148. The molecule has 1 atom stereocenters. The summed E-state index contributed by atoms with van der Waals surface area (Å²) >= 11 is 0. The van der Waals surface area contributed by atoms with Gasteiger partial charge in [0.1, 0.15) is 6.54 Å².